The SMILES string of the molecule is Cc1cccc(-c2c(-c3ccccc3)c(C)nn2CC2CCC(COCC(=O)O)CC2)c1. The second-order valence-corrected chi connectivity index (χ2v) is 9.02. The summed E-state index contributed by atoms with van der Waals surface area (Å²) in [5, 5.41) is 13.8. The molecular formula is C27H32N2O3. The van der Waals surface area contributed by atoms with Gasteiger partial charge < -0.3 is 9.84 Å². The number of carboxylic acid groups (broad SMARTS) is 1. The Bertz CT molecular complexity index is 1050. The van der Waals surface area contributed by atoms with E-state index in [0.717, 1.165) is 37.9 Å². The smallest absolute Gasteiger partial charge is 0.329 e. The lowest BCUT2D eigenvalue weighted by Crippen LogP contribution is -2.23. The quantitative estimate of drug-likeness (QED) is 0.493. The first-order chi connectivity index (χ1) is 15.5. The summed E-state index contributed by atoms with van der Waals surface area (Å²) in [7, 11) is 0. The molecule has 5 heteroatoms. The largest absolute Gasteiger partial charge is 0.480 e. The second-order valence-electron chi connectivity index (χ2n) is 9.02. The summed E-state index contributed by atoms with van der Waals surface area (Å²) in [5.41, 5.74) is 7.13. The van der Waals surface area contributed by atoms with Gasteiger partial charge in [-0.05, 0) is 63.0 Å². The van der Waals surface area contributed by atoms with Crippen molar-refractivity contribution >= 4 is 5.97 Å². The number of aliphatic carboxylic acids is 1. The number of aryl methyl sites for hydroxylation is 2. The Kier molecular flexibility index (Phi) is 7.05. The Hall–Kier alpha value is -2.92. The molecule has 0 atom stereocenters. The predicted octanol–water partition coefficient (Wildman–Crippen LogP) is 5.74. The maximum absolute atomic E-state index is 10.7. The van der Waals surface area contributed by atoms with Crippen LogP contribution in [-0.2, 0) is 16.1 Å². The number of rotatable bonds is 8. The Morgan fingerprint density at radius 1 is 1.00 bits per heavy atom. The molecule has 1 heterocycles. The van der Waals surface area contributed by atoms with Gasteiger partial charge in [-0.15, -0.1) is 0 Å². The molecule has 0 spiro atoms. The van der Waals surface area contributed by atoms with E-state index in [9.17, 15) is 4.79 Å². The summed E-state index contributed by atoms with van der Waals surface area (Å²) in [6.07, 6.45) is 4.40. The van der Waals surface area contributed by atoms with Crippen molar-refractivity contribution in [2.24, 2.45) is 11.8 Å². The number of ether oxygens (including phenoxy) is 1. The zero-order chi connectivity index (χ0) is 22.5. The number of nitrogens with zero attached hydrogens (tertiary/aromatic N) is 2. The minimum atomic E-state index is -0.898. The van der Waals surface area contributed by atoms with E-state index < -0.39 is 5.97 Å². The highest BCUT2D eigenvalue weighted by molar-refractivity contribution is 5.83. The van der Waals surface area contributed by atoms with Gasteiger partial charge in [0.2, 0.25) is 0 Å². The van der Waals surface area contributed by atoms with E-state index in [1.165, 1.54) is 27.9 Å². The van der Waals surface area contributed by atoms with Gasteiger partial charge in [0.25, 0.3) is 0 Å². The number of carbonyl (C=O) groups is 1. The molecular weight excluding hydrogens is 400 g/mol. The lowest BCUT2D eigenvalue weighted by molar-refractivity contribution is -0.142. The normalized spacial score (nSPS) is 18.6. The monoisotopic (exact) mass is 432 g/mol. The first kappa shape index (κ1) is 22.3. The lowest BCUT2D eigenvalue weighted by Gasteiger charge is -2.28. The van der Waals surface area contributed by atoms with Crippen LogP contribution < -0.4 is 0 Å². The lowest BCUT2D eigenvalue weighted by atomic mass is 9.82. The summed E-state index contributed by atoms with van der Waals surface area (Å²) < 4.78 is 7.55. The molecule has 0 amide bonds. The molecule has 0 radical (unpaired) electrons. The average Bonchev–Trinajstić information content (AvgIpc) is 3.11. The van der Waals surface area contributed by atoms with Gasteiger partial charge in [0.05, 0.1) is 18.0 Å². The standard InChI is InChI=1S/C27H32N2O3/c1-19-7-6-10-24(15-19)27-26(23-8-4-3-5-9-23)20(2)28-29(27)16-21-11-13-22(14-12-21)17-32-18-25(30)31/h3-10,15,21-22H,11-14,16-18H2,1-2H3,(H,30,31). The van der Waals surface area contributed by atoms with Gasteiger partial charge in [-0.2, -0.15) is 5.10 Å². The van der Waals surface area contributed by atoms with Crippen molar-refractivity contribution in [3.05, 3.63) is 65.9 Å². The molecule has 1 N–H and O–H groups in total. The predicted molar refractivity (Wildman–Crippen MR) is 126 cm³/mol. The summed E-state index contributed by atoms with van der Waals surface area (Å²) in [5.74, 6) is 0.129. The van der Waals surface area contributed by atoms with Crippen molar-refractivity contribution in [1.29, 1.82) is 0 Å². The van der Waals surface area contributed by atoms with Gasteiger partial charge in [-0.25, -0.2) is 4.79 Å². The minimum absolute atomic E-state index is 0.200. The van der Waals surface area contributed by atoms with Crippen LogP contribution in [0.5, 0.6) is 0 Å². The van der Waals surface area contributed by atoms with Gasteiger partial charge in [-0.1, -0.05) is 54.1 Å². The molecule has 1 aromatic heterocycles. The molecule has 2 aromatic carbocycles. The highest BCUT2D eigenvalue weighted by Crippen LogP contribution is 2.37. The fraction of sp³-hybridized carbons (Fsp3) is 0.407. The molecule has 168 valence electrons. The van der Waals surface area contributed by atoms with Crippen molar-refractivity contribution in [2.45, 2.75) is 46.1 Å². The third-order valence-electron chi connectivity index (χ3n) is 6.46. The van der Waals surface area contributed by atoms with Crippen LogP contribution in [0.1, 0.15) is 36.9 Å². The van der Waals surface area contributed by atoms with Crippen LogP contribution in [0, 0.1) is 25.7 Å². The Morgan fingerprint density at radius 3 is 2.38 bits per heavy atom. The third-order valence-corrected chi connectivity index (χ3v) is 6.46. The number of hydrogen-bond acceptors (Lipinski definition) is 3. The topological polar surface area (TPSA) is 64.4 Å². The highest BCUT2D eigenvalue weighted by atomic mass is 16.5. The Balaban J connectivity index is 1.55. The zero-order valence-corrected chi connectivity index (χ0v) is 19.0. The molecule has 1 aliphatic carbocycles. The van der Waals surface area contributed by atoms with Crippen molar-refractivity contribution in [3.8, 4) is 22.4 Å². The Labute approximate surface area is 190 Å². The molecule has 3 aromatic rings. The van der Waals surface area contributed by atoms with Crippen molar-refractivity contribution in [3.63, 3.8) is 0 Å². The highest BCUT2D eigenvalue weighted by Gasteiger charge is 2.25. The fourth-order valence-corrected chi connectivity index (χ4v) is 4.89. The average molecular weight is 433 g/mol. The molecule has 1 aliphatic rings. The van der Waals surface area contributed by atoms with E-state index in [1.54, 1.807) is 0 Å². The first-order valence-corrected chi connectivity index (χ1v) is 11.5. The van der Waals surface area contributed by atoms with Crippen LogP contribution in [0.15, 0.2) is 54.6 Å². The van der Waals surface area contributed by atoms with Crippen LogP contribution in [0.2, 0.25) is 0 Å². The van der Waals surface area contributed by atoms with Gasteiger partial charge in [0, 0.05) is 17.7 Å². The first-order valence-electron chi connectivity index (χ1n) is 11.5. The molecule has 5 nitrogen and oxygen atoms in total. The molecule has 1 saturated carbocycles. The summed E-state index contributed by atoms with van der Waals surface area (Å²) in [6, 6.07) is 19.2. The van der Waals surface area contributed by atoms with E-state index in [2.05, 4.69) is 67.1 Å². The van der Waals surface area contributed by atoms with E-state index in [0.29, 0.717) is 18.4 Å². The molecule has 0 aliphatic heterocycles. The number of carboxylic acids is 1. The third kappa shape index (κ3) is 5.28. The maximum atomic E-state index is 10.7. The van der Waals surface area contributed by atoms with Gasteiger partial charge >= 0.3 is 5.97 Å². The summed E-state index contributed by atoms with van der Waals surface area (Å²) in [4.78, 5) is 10.7. The summed E-state index contributed by atoms with van der Waals surface area (Å²) in [6.45, 7) is 5.49. The number of benzene rings is 2. The maximum Gasteiger partial charge on any atom is 0.329 e. The fourth-order valence-electron chi connectivity index (χ4n) is 4.89. The molecule has 32 heavy (non-hydrogen) atoms. The second kappa shape index (κ2) is 10.1. The van der Waals surface area contributed by atoms with Crippen LogP contribution in [-0.4, -0.2) is 34.1 Å². The molecule has 0 bridgehead atoms. The van der Waals surface area contributed by atoms with Crippen LogP contribution in [0.25, 0.3) is 22.4 Å². The van der Waals surface area contributed by atoms with Crippen LogP contribution in [0.3, 0.4) is 0 Å². The molecule has 0 saturated heterocycles. The van der Waals surface area contributed by atoms with E-state index in [-0.39, 0.29) is 6.61 Å². The van der Waals surface area contributed by atoms with Crippen LogP contribution >= 0.6 is 0 Å². The number of aromatic nitrogens is 2. The molecule has 4 rings (SSSR count). The van der Waals surface area contributed by atoms with Crippen molar-refractivity contribution in [2.75, 3.05) is 13.2 Å². The van der Waals surface area contributed by atoms with Crippen LogP contribution in [0.4, 0.5) is 0 Å². The van der Waals surface area contributed by atoms with Gasteiger partial charge in [0.1, 0.15) is 6.61 Å². The van der Waals surface area contributed by atoms with Gasteiger partial charge in [-0.3, -0.25) is 4.68 Å². The Morgan fingerprint density at radius 2 is 1.69 bits per heavy atom. The van der Waals surface area contributed by atoms with E-state index >= 15 is 0 Å². The van der Waals surface area contributed by atoms with Crippen molar-refractivity contribution in [1.82, 2.24) is 9.78 Å². The number of hydrogen-bond donors (Lipinski definition) is 1. The molecule has 0 unspecified atom stereocenters. The minimum Gasteiger partial charge on any atom is -0.480 e. The van der Waals surface area contributed by atoms with E-state index in [1.807, 2.05) is 6.07 Å². The molecule has 1 fully saturated rings. The summed E-state index contributed by atoms with van der Waals surface area (Å²) >= 11 is 0. The van der Waals surface area contributed by atoms with Crippen molar-refractivity contribution < 1.29 is 14.6 Å². The van der Waals surface area contributed by atoms with Gasteiger partial charge in [0.15, 0.2) is 0 Å². The van der Waals surface area contributed by atoms with E-state index in [4.69, 9.17) is 14.9 Å². The zero-order valence-electron chi connectivity index (χ0n) is 19.0.